The van der Waals surface area contributed by atoms with Gasteiger partial charge in [-0.25, -0.2) is 4.39 Å². The molecule has 0 saturated carbocycles. The van der Waals surface area contributed by atoms with Gasteiger partial charge in [-0.3, -0.25) is 4.79 Å². The van der Waals surface area contributed by atoms with Crippen molar-refractivity contribution in [1.29, 1.82) is 0 Å². The lowest BCUT2D eigenvalue weighted by atomic mass is 10.2. The summed E-state index contributed by atoms with van der Waals surface area (Å²) >= 11 is 0. The Bertz CT molecular complexity index is 322. The van der Waals surface area contributed by atoms with E-state index in [9.17, 15) is 9.18 Å². The number of hydrogen-bond acceptors (Lipinski definition) is 1. The molecule has 0 fully saturated rings. The van der Waals surface area contributed by atoms with Gasteiger partial charge < -0.3 is 5.32 Å². The summed E-state index contributed by atoms with van der Waals surface area (Å²) in [5, 5.41) is 2.55. The van der Waals surface area contributed by atoms with E-state index in [4.69, 9.17) is 0 Å². The normalized spacial score (nSPS) is 9.31. The van der Waals surface area contributed by atoms with Crippen molar-refractivity contribution in [2.24, 2.45) is 0 Å². The maximum Gasteiger partial charge on any atom is 0.251 e. The fourth-order valence-electron chi connectivity index (χ4n) is 0.897. The molecule has 0 unspecified atom stereocenters. The summed E-state index contributed by atoms with van der Waals surface area (Å²) in [7, 11) is 0. The fourth-order valence-corrected chi connectivity index (χ4v) is 0.897. The maximum absolute atomic E-state index is 12.6. The van der Waals surface area contributed by atoms with Gasteiger partial charge in [0, 0.05) is 12.1 Å². The van der Waals surface area contributed by atoms with Gasteiger partial charge in [-0.05, 0) is 18.2 Å². The Morgan fingerprint density at radius 1 is 1.62 bits per heavy atom. The highest BCUT2D eigenvalue weighted by molar-refractivity contribution is 5.94. The Morgan fingerprint density at radius 2 is 2.38 bits per heavy atom. The van der Waals surface area contributed by atoms with E-state index in [-0.39, 0.29) is 5.91 Å². The average molecular weight is 179 g/mol. The quantitative estimate of drug-likeness (QED) is 0.703. The summed E-state index contributed by atoms with van der Waals surface area (Å²) in [6, 6.07) is 5.54. The van der Waals surface area contributed by atoms with Crippen LogP contribution >= 0.6 is 0 Å². The molecule has 0 heterocycles. The molecule has 0 atom stereocenters. The third-order valence-electron chi connectivity index (χ3n) is 1.49. The van der Waals surface area contributed by atoms with Gasteiger partial charge in [-0.1, -0.05) is 12.1 Å². The predicted molar refractivity (Wildman–Crippen MR) is 48.9 cm³/mol. The molecule has 0 spiro atoms. The van der Waals surface area contributed by atoms with Crippen LogP contribution in [0.25, 0.3) is 0 Å². The van der Waals surface area contributed by atoms with Gasteiger partial charge in [0.15, 0.2) is 0 Å². The highest BCUT2D eigenvalue weighted by atomic mass is 19.1. The molecule has 1 aromatic carbocycles. The van der Waals surface area contributed by atoms with Crippen molar-refractivity contribution in [3.63, 3.8) is 0 Å². The Balaban J connectivity index is 2.71. The average Bonchev–Trinajstić information content (AvgIpc) is 2.14. The zero-order valence-corrected chi connectivity index (χ0v) is 7.09. The first kappa shape index (κ1) is 9.45. The van der Waals surface area contributed by atoms with Crippen molar-refractivity contribution in [2.75, 3.05) is 6.54 Å². The minimum atomic E-state index is -0.411. The number of carbonyl (C=O) groups excluding carboxylic acids is 1. The van der Waals surface area contributed by atoms with Gasteiger partial charge in [-0.15, -0.1) is 6.58 Å². The van der Waals surface area contributed by atoms with Gasteiger partial charge in [-0.2, -0.15) is 0 Å². The first-order valence-corrected chi connectivity index (χ1v) is 3.88. The summed E-state index contributed by atoms with van der Waals surface area (Å²) in [6.07, 6.45) is 1.57. The third-order valence-corrected chi connectivity index (χ3v) is 1.49. The Morgan fingerprint density at radius 3 is 3.00 bits per heavy atom. The van der Waals surface area contributed by atoms with Crippen LogP contribution in [-0.4, -0.2) is 12.5 Å². The monoisotopic (exact) mass is 179 g/mol. The van der Waals surface area contributed by atoms with Crippen molar-refractivity contribution in [1.82, 2.24) is 5.32 Å². The largest absolute Gasteiger partial charge is 0.349 e. The van der Waals surface area contributed by atoms with Crippen LogP contribution in [0, 0.1) is 5.82 Å². The Labute approximate surface area is 76.1 Å². The van der Waals surface area contributed by atoms with E-state index in [0.717, 1.165) is 0 Å². The van der Waals surface area contributed by atoms with Crippen LogP contribution in [0.2, 0.25) is 0 Å². The van der Waals surface area contributed by atoms with Crippen molar-refractivity contribution in [3.8, 4) is 0 Å². The SMILES string of the molecule is C=CCNC(=O)c1cccc(F)c1. The summed E-state index contributed by atoms with van der Waals surface area (Å²) in [6.45, 7) is 3.84. The van der Waals surface area contributed by atoms with E-state index in [1.165, 1.54) is 18.2 Å². The minimum absolute atomic E-state index is 0.292. The summed E-state index contributed by atoms with van der Waals surface area (Å²) in [4.78, 5) is 11.2. The molecule has 1 rings (SSSR count). The molecule has 0 bridgehead atoms. The maximum atomic E-state index is 12.6. The standard InChI is InChI=1S/C10H10FNO/c1-2-6-12-10(13)8-4-3-5-9(11)7-8/h2-5,7H,1,6H2,(H,12,13). The predicted octanol–water partition coefficient (Wildman–Crippen LogP) is 1.74. The molecule has 2 nitrogen and oxygen atoms in total. The lowest BCUT2D eigenvalue weighted by molar-refractivity contribution is 0.0957. The molecule has 0 aliphatic carbocycles. The molecular weight excluding hydrogens is 169 g/mol. The van der Waals surface area contributed by atoms with Gasteiger partial charge in [0.1, 0.15) is 5.82 Å². The first-order valence-electron chi connectivity index (χ1n) is 3.88. The highest BCUT2D eigenvalue weighted by Gasteiger charge is 2.03. The van der Waals surface area contributed by atoms with Crippen LogP contribution in [0.3, 0.4) is 0 Å². The number of hydrogen-bond donors (Lipinski definition) is 1. The number of amides is 1. The summed E-state index contributed by atoms with van der Waals surface area (Å²) in [5.74, 6) is -0.703. The van der Waals surface area contributed by atoms with E-state index in [2.05, 4.69) is 11.9 Å². The molecule has 68 valence electrons. The van der Waals surface area contributed by atoms with E-state index in [1.54, 1.807) is 12.1 Å². The van der Waals surface area contributed by atoms with Gasteiger partial charge >= 0.3 is 0 Å². The number of carbonyl (C=O) groups is 1. The molecule has 3 heteroatoms. The first-order chi connectivity index (χ1) is 6.24. The number of nitrogens with one attached hydrogen (secondary N) is 1. The second-order valence-electron chi connectivity index (χ2n) is 2.51. The lowest BCUT2D eigenvalue weighted by Crippen LogP contribution is -2.23. The van der Waals surface area contributed by atoms with E-state index >= 15 is 0 Å². The minimum Gasteiger partial charge on any atom is -0.349 e. The lowest BCUT2D eigenvalue weighted by Gasteiger charge is -2.01. The second-order valence-corrected chi connectivity index (χ2v) is 2.51. The molecule has 0 aromatic heterocycles. The van der Waals surface area contributed by atoms with Crippen molar-refractivity contribution < 1.29 is 9.18 Å². The fraction of sp³-hybridized carbons (Fsp3) is 0.100. The topological polar surface area (TPSA) is 29.1 Å². The molecule has 1 N–H and O–H groups in total. The Hall–Kier alpha value is -1.64. The van der Waals surface area contributed by atoms with Crippen LogP contribution in [-0.2, 0) is 0 Å². The zero-order valence-electron chi connectivity index (χ0n) is 7.09. The van der Waals surface area contributed by atoms with Gasteiger partial charge in [0.2, 0.25) is 0 Å². The molecule has 1 amide bonds. The molecular formula is C10H10FNO. The second kappa shape index (κ2) is 4.40. The molecule has 0 aliphatic rings. The van der Waals surface area contributed by atoms with E-state index in [0.29, 0.717) is 12.1 Å². The van der Waals surface area contributed by atoms with Crippen molar-refractivity contribution >= 4 is 5.91 Å². The molecule has 0 aliphatic heterocycles. The smallest absolute Gasteiger partial charge is 0.251 e. The van der Waals surface area contributed by atoms with Crippen LogP contribution in [0.5, 0.6) is 0 Å². The number of benzene rings is 1. The molecule has 1 aromatic rings. The summed E-state index contributed by atoms with van der Waals surface area (Å²) < 4.78 is 12.6. The molecule has 0 saturated heterocycles. The van der Waals surface area contributed by atoms with E-state index in [1.807, 2.05) is 0 Å². The van der Waals surface area contributed by atoms with Crippen LogP contribution < -0.4 is 5.32 Å². The molecule has 13 heavy (non-hydrogen) atoms. The summed E-state index contributed by atoms with van der Waals surface area (Å²) in [5.41, 5.74) is 0.321. The van der Waals surface area contributed by atoms with Crippen LogP contribution in [0.4, 0.5) is 4.39 Å². The number of rotatable bonds is 3. The van der Waals surface area contributed by atoms with E-state index < -0.39 is 5.82 Å². The van der Waals surface area contributed by atoms with Crippen LogP contribution in [0.15, 0.2) is 36.9 Å². The van der Waals surface area contributed by atoms with Crippen LogP contribution in [0.1, 0.15) is 10.4 Å². The van der Waals surface area contributed by atoms with Crippen molar-refractivity contribution in [2.45, 2.75) is 0 Å². The number of halogens is 1. The van der Waals surface area contributed by atoms with Crippen molar-refractivity contribution in [3.05, 3.63) is 48.3 Å². The van der Waals surface area contributed by atoms with Gasteiger partial charge in [0.25, 0.3) is 5.91 Å². The third kappa shape index (κ3) is 2.71. The molecule has 0 radical (unpaired) electrons. The highest BCUT2D eigenvalue weighted by Crippen LogP contribution is 2.02. The Kier molecular flexibility index (Phi) is 3.20. The van der Waals surface area contributed by atoms with Gasteiger partial charge in [0.05, 0.1) is 0 Å². The zero-order chi connectivity index (χ0) is 9.68.